The number of fused-ring (bicyclic) bond motifs is 2. The van der Waals surface area contributed by atoms with Gasteiger partial charge in [0.25, 0.3) is 0 Å². The molecular formula is C29H24O8. The summed E-state index contributed by atoms with van der Waals surface area (Å²) in [4.78, 5) is 0. The maximum absolute atomic E-state index is 11.0. The van der Waals surface area contributed by atoms with E-state index < -0.39 is 24.2 Å². The van der Waals surface area contributed by atoms with Gasteiger partial charge in [0.1, 0.15) is 52.5 Å². The molecule has 8 nitrogen and oxygen atoms in total. The SMILES string of the molecule is Oc1ccc([C@H]2OC3=CCC4=C(OC(c5ccc(O)cc5O)C4c4cc(O)cc(O)c4)C3=C[C@@H]2O)cc1. The Balaban J connectivity index is 1.44. The first-order chi connectivity index (χ1) is 17.8. The molecule has 37 heavy (non-hydrogen) atoms. The van der Waals surface area contributed by atoms with Gasteiger partial charge in [-0.2, -0.15) is 0 Å². The average Bonchev–Trinajstić information content (AvgIpc) is 3.23. The van der Waals surface area contributed by atoms with Crippen molar-refractivity contribution in [2.75, 3.05) is 0 Å². The van der Waals surface area contributed by atoms with Crippen LogP contribution in [0.1, 0.15) is 41.2 Å². The third-order valence-corrected chi connectivity index (χ3v) is 6.96. The van der Waals surface area contributed by atoms with Gasteiger partial charge in [-0.15, -0.1) is 0 Å². The second kappa shape index (κ2) is 8.53. The van der Waals surface area contributed by atoms with Crippen molar-refractivity contribution in [1.82, 2.24) is 0 Å². The number of ether oxygens (including phenoxy) is 2. The molecule has 1 aliphatic carbocycles. The molecule has 188 valence electrons. The second-order valence-corrected chi connectivity index (χ2v) is 9.37. The third-order valence-electron chi connectivity index (χ3n) is 6.96. The van der Waals surface area contributed by atoms with Crippen LogP contribution in [0.3, 0.4) is 0 Å². The minimum absolute atomic E-state index is 0.0979. The number of benzene rings is 3. The lowest BCUT2D eigenvalue weighted by Gasteiger charge is -2.32. The van der Waals surface area contributed by atoms with Crippen LogP contribution in [0.15, 0.2) is 95.5 Å². The molecule has 0 saturated heterocycles. The van der Waals surface area contributed by atoms with Crippen molar-refractivity contribution in [3.05, 3.63) is 112 Å². The Hall–Kier alpha value is -4.56. The van der Waals surface area contributed by atoms with Crippen LogP contribution in [-0.2, 0) is 9.47 Å². The summed E-state index contributed by atoms with van der Waals surface area (Å²) < 4.78 is 12.6. The Kier molecular flexibility index (Phi) is 5.27. The smallest absolute Gasteiger partial charge is 0.153 e. The zero-order valence-electron chi connectivity index (χ0n) is 19.4. The largest absolute Gasteiger partial charge is 0.508 e. The van der Waals surface area contributed by atoms with Crippen LogP contribution in [-0.4, -0.2) is 36.7 Å². The molecule has 3 aromatic carbocycles. The standard InChI is InChI=1S/C29H24O8/c30-16-3-1-14(2-4-16)27-24(35)13-22-25(36-27)8-7-21-26(15-9-18(32)11-19(33)10-15)29(37-28(21)22)20-6-5-17(31)12-23(20)34/h1-6,8-13,24,26-27,29-35H,7H2/t24-,26?,27+,29?/m0/s1. The van der Waals surface area contributed by atoms with E-state index in [1.54, 1.807) is 24.3 Å². The van der Waals surface area contributed by atoms with Gasteiger partial charge in [-0.3, -0.25) is 0 Å². The number of hydrogen-bond acceptors (Lipinski definition) is 8. The van der Waals surface area contributed by atoms with Crippen LogP contribution in [0, 0.1) is 0 Å². The number of aliphatic hydroxyl groups excluding tert-OH is 1. The van der Waals surface area contributed by atoms with Crippen LogP contribution >= 0.6 is 0 Å². The van der Waals surface area contributed by atoms with E-state index in [4.69, 9.17) is 9.47 Å². The summed E-state index contributed by atoms with van der Waals surface area (Å²) >= 11 is 0. The molecule has 0 aromatic heterocycles. The van der Waals surface area contributed by atoms with Gasteiger partial charge < -0.3 is 40.1 Å². The van der Waals surface area contributed by atoms with E-state index in [2.05, 4.69) is 0 Å². The van der Waals surface area contributed by atoms with Gasteiger partial charge in [-0.25, -0.2) is 0 Å². The highest BCUT2D eigenvalue weighted by Gasteiger charge is 2.45. The van der Waals surface area contributed by atoms with Crippen molar-refractivity contribution in [1.29, 1.82) is 0 Å². The monoisotopic (exact) mass is 500 g/mol. The third kappa shape index (κ3) is 3.91. The fourth-order valence-corrected chi connectivity index (χ4v) is 5.33. The summed E-state index contributed by atoms with van der Waals surface area (Å²) in [7, 11) is 0. The van der Waals surface area contributed by atoms with E-state index in [1.807, 2.05) is 6.08 Å². The van der Waals surface area contributed by atoms with Gasteiger partial charge in [-0.05, 0) is 71.7 Å². The maximum atomic E-state index is 11.0. The summed E-state index contributed by atoms with van der Waals surface area (Å²) in [6.45, 7) is 0. The predicted molar refractivity (Wildman–Crippen MR) is 132 cm³/mol. The summed E-state index contributed by atoms with van der Waals surface area (Å²) in [5, 5.41) is 61.4. The quantitative estimate of drug-likeness (QED) is 0.305. The molecule has 0 amide bonds. The van der Waals surface area contributed by atoms with E-state index in [9.17, 15) is 30.6 Å². The predicted octanol–water partition coefficient (Wildman–Crippen LogP) is 4.67. The topological polar surface area (TPSA) is 140 Å². The molecule has 0 bridgehead atoms. The Morgan fingerprint density at radius 3 is 2.08 bits per heavy atom. The number of phenolic OH excluding ortho intramolecular Hbond substituents is 5. The highest BCUT2D eigenvalue weighted by atomic mass is 16.5. The first kappa shape index (κ1) is 22.9. The molecule has 2 heterocycles. The Morgan fingerprint density at radius 2 is 1.38 bits per heavy atom. The van der Waals surface area contributed by atoms with Gasteiger partial charge in [-0.1, -0.05) is 12.1 Å². The average molecular weight is 501 g/mol. The van der Waals surface area contributed by atoms with Crippen molar-refractivity contribution in [3.8, 4) is 28.7 Å². The molecule has 0 radical (unpaired) electrons. The van der Waals surface area contributed by atoms with Gasteiger partial charge in [0.15, 0.2) is 6.10 Å². The minimum atomic E-state index is -1.00. The van der Waals surface area contributed by atoms with E-state index in [0.29, 0.717) is 40.2 Å². The van der Waals surface area contributed by atoms with Crippen molar-refractivity contribution in [3.63, 3.8) is 0 Å². The van der Waals surface area contributed by atoms with E-state index in [1.165, 1.54) is 42.5 Å². The number of allylic oxidation sites excluding steroid dienone is 1. The number of aliphatic hydroxyl groups is 1. The van der Waals surface area contributed by atoms with E-state index in [0.717, 1.165) is 5.57 Å². The Bertz CT molecular complexity index is 1460. The normalized spacial score (nSPS) is 24.4. The summed E-state index contributed by atoms with van der Waals surface area (Å²) in [6, 6.07) is 15.0. The van der Waals surface area contributed by atoms with Gasteiger partial charge >= 0.3 is 0 Å². The minimum Gasteiger partial charge on any atom is -0.508 e. The van der Waals surface area contributed by atoms with Crippen LogP contribution < -0.4 is 0 Å². The zero-order valence-corrected chi connectivity index (χ0v) is 19.4. The molecule has 2 aliphatic heterocycles. The number of rotatable bonds is 3. The van der Waals surface area contributed by atoms with Gasteiger partial charge in [0, 0.05) is 17.7 Å². The Morgan fingerprint density at radius 1 is 0.676 bits per heavy atom. The molecule has 2 unspecified atom stereocenters. The fraction of sp³-hybridized carbons (Fsp3) is 0.172. The molecule has 3 aromatic rings. The number of hydrogen-bond donors (Lipinski definition) is 6. The second-order valence-electron chi connectivity index (χ2n) is 9.37. The fourth-order valence-electron chi connectivity index (χ4n) is 5.33. The summed E-state index contributed by atoms with van der Waals surface area (Å²) in [5.74, 6) is 0.168. The van der Waals surface area contributed by atoms with Gasteiger partial charge in [0.05, 0.1) is 11.5 Å². The van der Waals surface area contributed by atoms with E-state index in [-0.39, 0.29) is 28.7 Å². The molecule has 0 saturated carbocycles. The van der Waals surface area contributed by atoms with E-state index >= 15 is 0 Å². The number of aromatic hydroxyl groups is 5. The molecule has 0 fully saturated rings. The number of phenols is 5. The first-order valence-electron chi connectivity index (χ1n) is 11.8. The summed E-state index contributed by atoms with van der Waals surface area (Å²) in [5.41, 5.74) is 3.10. The van der Waals surface area contributed by atoms with Crippen molar-refractivity contribution in [2.24, 2.45) is 0 Å². The lowest BCUT2D eigenvalue weighted by atomic mass is 9.80. The van der Waals surface area contributed by atoms with Crippen LogP contribution in [0.2, 0.25) is 0 Å². The lowest BCUT2D eigenvalue weighted by Crippen LogP contribution is -2.26. The van der Waals surface area contributed by atoms with Crippen molar-refractivity contribution in [2.45, 2.75) is 30.7 Å². The van der Waals surface area contributed by atoms with Crippen LogP contribution in [0.25, 0.3) is 0 Å². The lowest BCUT2D eigenvalue weighted by molar-refractivity contribution is 0.00921. The molecule has 6 rings (SSSR count). The highest BCUT2D eigenvalue weighted by Crippen LogP contribution is 2.56. The molecule has 4 atom stereocenters. The first-order valence-corrected chi connectivity index (χ1v) is 11.8. The highest BCUT2D eigenvalue weighted by molar-refractivity contribution is 5.58. The molecule has 6 N–H and O–H groups in total. The molecule has 8 heteroatoms. The van der Waals surface area contributed by atoms with Crippen LogP contribution in [0.5, 0.6) is 28.7 Å². The maximum Gasteiger partial charge on any atom is 0.153 e. The van der Waals surface area contributed by atoms with Gasteiger partial charge in [0.2, 0.25) is 0 Å². The molecule has 0 spiro atoms. The molecule has 3 aliphatic rings. The van der Waals surface area contributed by atoms with Crippen LogP contribution in [0.4, 0.5) is 0 Å². The Labute approximate surface area is 211 Å². The summed E-state index contributed by atoms with van der Waals surface area (Å²) in [6.07, 6.45) is 1.56. The van der Waals surface area contributed by atoms with Crippen molar-refractivity contribution < 1.29 is 40.1 Å². The zero-order chi connectivity index (χ0) is 25.8. The molecular weight excluding hydrogens is 476 g/mol. The van der Waals surface area contributed by atoms with Crippen molar-refractivity contribution >= 4 is 0 Å².